The van der Waals surface area contributed by atoms with Crippen LogP contribution in [-0.2, 0) is 6.15 Å². The van der Waals surface area contributed by atoms with Crippen molar-refractivity contribution in [1.29, 1.82) is 0 Å². The van der Waals surface area contributed by atoms with Crippen molar-refractivity contribution in [2.45, 2.75) is 68.6 Å². The molecule has 0 aliphatic rings. The Hall–Kier alpha value is 0.349. The maximum absolute atomic E-state index is 12.9. The third-order valence-corrected chi connectivity index (χ3v) is 6.48. The van der Waals surface area contributed by atoms with E-state index < -0.39 is 43.6 Å². The summed E-state index contributed by atoms with van der Waals surface area (Å²) in [5.74, 6) is 0. The molecule has 0 saturated heterocycles. The van der Waals surface area contributed by atoms with Crippen LogP contribution in [-0.4, -0.2) is 45.8 Å². The molecule has 0 amide bonds. The molecule has 19 heavy (non-hydrogen) atoms. The summed E-state index contributed by atoms with van der Waals surface area (Å²) in [6.45, 7) is 1.15. The molecule has 0 aromatic rings. The van der Waals surface area contributed by atoms with Crippen molar-refractivity contribution in [2.24, 2.45) is 0 Å². The fraction of sp³-hybridized carbons (Fsp3) is 1.00. The number of halogens is 3. The van der Waals surface area contributed by atoms with E-state index >= 15 is 0 Å². The summed E-state index contributed by atoms with van der Waals surface area (Å²) in [5, 5.41) is 0. The van der Waals surface area contributed by atoms with Gasteiger partial charge in [0.2, 0.25) is 0 Å². The SMILES string of the molecule is CCCCCCCCC[O][Sn](=[O])[CH2]C(F)C(F)CF. The van der Waals surface area contributed by atoms with Crippen LogP contribution in [0.5, 0.6) is 0 Å². The van der Waals surface area contributed by atoms with Gasteiger partial charge in [-0.25, -0.2) is 0 Å². The quantitative estimate of drug-likeness (QED) is 0.347. The van der Waals surface area contributed by atoms with Gasteiger partial charge in [0.05, 0.1) is 0 Å². The van der Waals surface area contributed by atoms with E-state index in [1.54, 1.807) is 0 Å². The van der Waals surface area contributed by atoms with Crippen LogP contribution in [0.25, 0.3) is 0 Å². The Balaban J connectivity index is 3.38. The summed E-state index contributed by atoms with van der Waals surface area (Å²) >= 11 is -3.49. The van der Waals surface area contributed by atoms with E-state index in [1.165, 1.54) is 25.7 Å². The van der Waals surface area contributed by atoms with Crippen LogP contribution in [0.3, 0.4) is 0 Å². The fourth-order valence-corrected chi connectivity index (χ4v) is 4.72. The molecule has 0 aliphatic carbocycles. The molecule has 0 fully saturated rings. The topological polar surface area (TPSA) is 26.3 Å². The number of hydrogen-bond acceptors (Lipinski definition) is 2. The Morgan fingerprint density at radius 2 is 1.58 bits per heavy atom. The van der Waals surface area contributed by atoms with Crippen LogP contribution in [0.4, 0.5) is 13.2 Å². The predicted octanol–water partition coefficient (Wildman–Crippen LogP) is 4.32. The molecule has 114 valence electrons. The van der Waals surface area contributed by atoms with Crippen molar-refractivity contribution in [3.63, 3.8) is 0 Å². The van der Waals surface area contributed by atoms with Gasteiger partial charge in [-0.05, 0) is 0 Å². The summed E-state index contributed by atoms with van der Waals surface area (Å²) in [7, 11) is 0. The second kappa shape index (κ2) is 13.3. The first-order valence-electron chi connectivity index (χ1n) is 7.11. The monoisotopic (exact) mass is 390 g/mol. The third kappa shape index (κ3) is 11.8. The zero-order valence-electron chi connectivity index (χ0n) is 11.7. The van der Waals surface area contributed by atoms with Crippen molar-refractivity contribution < 1.29 is 19.3 Å². The number of unbranched alkanes of at least 4 members (excludes halogenated alkanes) is 6. The number of hydrogen-bond donors (Lipinski definition) is 0. The van der Waals surface area contributed by atoms with E-state index in [-0.39, 0.29) is 0 Å². The van der Waals surface area contributed by atoms with Crippen LogP contribution in [0.15, 0.2) is 0 Å². The molecular formula is C13H25F3O2Sn. The standard InChI is InChI=1S/C9H19O.C4H6F3.O.Sn/c1-2-3-4-5-6-7-8-9-10;1-3(6)4(7)2-5;;/h2-9H2,1H3;3-4H,1-2H2;;/q-1;;;+1. The summed E-state index contributed by atoms with van der Waals surface area (Å²) in [6.07, 6.45) is 3.71. The molecule has 0 radical (unpaired) electrons. The molecule has 0 aromatic heterocycles. The van der Waals surface area contributed by atoms with E-state index in [1.807, 2.05) is 0 Å². The molecule has 0 aromatic carbocycles. The average Bonchev–Trinajstić information content (AvgIpc) is 2.40. The van der Waals surface area contributed by atoms with Gasteiger partial charge in [0.15, 0.2) is 0 Å². The molecule has 0 N–H and O–H groups in total. The Kier molecular flexibility index (Phi) is 13.6. The summed E-state index contributed by atoms with van der Waals surface area (Å²) in [4.78, 5) is 0. The normalized spacial score (nSPS) is 14.3. The molecule has 0 spiro atoms. The van der Waals surface area contributed by atoms with Gasteiger partial charge in [0.25, 0.3) is 0 Å². The first kappa shape index (κ1) is 19.3. The second-order valence-corrected chi connectivity index (χ2v) is 8.84. The van der Waals surface area contributed by atoms with Crippen molar-refractivity contribution in [2.75, 3.05) is 13.3 Å². The summed E-state index contributed by atoms with van der Waals surface area (Å²) in [5.41, 5.74) is 0. The van der Waals surface area contributed by atoms with Crippen LogP contribution >= 0.6 is 0 Å². The van der Waals surface area contributed by atoms with Gasteiger partial charge in [0.1, 0.15) is 0 Å². The van der Waals surface area contributed by atoms with Gasteiger partial charge >= 0.3 is 121 Å². The van der Waals surface area contributed by atoms with E-state index in [0.29, 0.717) is 6.61 Å². The predicted molar refractivity (Wildman–Crippen MR) is 71.0 cm³/mol. The average molecular weight is 389 g/mol. The third-order valence-electron chi connectivity index (χ3n) is 2.91. The Labute approximate surface area is 121 Å². The van der Waals surface area contributed by atoms with Gasteiger partial charge in [-0.3, -0.25) is 0 Å². The molecule has 0 heterocycles. The van der Waals surface area contributed by atoms with Crippen LogP contribution in [0, 0.1) is 0 Å². The molecule has 0 aliphatic heterocycles. The molecule has 2 unspecified atom stereocenters. The number of alkyl halides is 3. The zero-order chi connectivity index (χ0) is 14.5. The molecule has 0 bridgehead atoms. The van der Waals surface area contributed by atoms with E-state index in [2.05, 4.69) is 6.92 Å². The fourth-order valence-electron chi connectivity index (χ4n) is 1.69. The van der Waals surface area contributed by atoms with Crippen molar-refractivity contribution >= 4 is 20.2 Å². The first-order valence-corrected chi connectivity index (χ1v) is 11.5. The van der Waals surface area contributed by atoms with Gasteiger partial charge < -0.3 is 0 Å². The molecule has 6 heteroatoms. The van der Waals surface area contributed by atoms with E-state index in [4.69, 9.17) is 3.07 Å². The van der Waals surface area contributed by atoms with Crippen molar-refractivity contribution in [3.8, 4) is 0 Å². The maximum atomic E-state index is 12.9. The summed E-state index contributed by atoms with van der Waals surface area (Å²) < 4.78 is 53.3. The van der Waals surface area contributed by atoms with Crippen molar-refractivity contribution in [1.82, 2.24) is 0 Å². The molecule has 0 saturated carbocycles. The van der Waals surface area contributed by atoms with Gasteiger partial charge in [-0.2, -0.15) is 0 Å². The van der Waals surface area contributed by atoms with E-state index in [0.717, 1.165) is 19.3 Å². The first-order chi connectivity index (χ1) is 9.11. The molecule has 0 rings (SSSR count). The van der Waals surface area contributed by atoms with Crippen LogP contribution < -0.4 is 0 Å². The Morgan fingerprint density at radius 3 is 2.16 bits per heavy atom. The zero-order valence-corrected chi connectivity index (χ0v) is 14.5. The Bertz CT molecular complexity index is 230. The number of rotatable bonds is 13. The Morgan fingerprint density at radius 1 is 1.00 bits per heavy atom. The molecular weight excluding hydrogens is 364 g/mol. The summed E-state index contributed by atoms with van der Waals surface area (Å²) in [6, 6.07) is 0. The minimum absolute atomic E-state index is 0.353. The van der Waals surface area contributed by atoms with Gasteiger partial charge in [-0.15, -0.1) is 0 Å². The van der Waals surface area contributed by atoms with Crippen LogP contribution in [0.1, 0.15) is 51.9 Å². The van der Waals surface area contributed by atoms with Gasteiger partial charge in [0, 0.05) is 0 Å². The van der Waals surface area contributed by atoms with E-state index in [9.17, 15) is 16.2 Å². The van der Waals surface area contributed by atoms with Gasteiger partial charge in [-0.1, -0.05) is 0 Å². The molecule has 2 nitrogen and oxygen atoms in total. The van der Waals surface area contributed by atoms with Crippen molar-refractivity contribution in [3.05, 3.63) is 0 Å². The minimum atomic E-state index is -3.49. The second-order valence-electron chi connectivity index (χ2n) is 4.73. The molecule has 2 atom stereocenters. The van der Waals surface area contributed by atoms with Crippen LogP contribution in [0.2, 0.25) is 4.44 Å².